The van der Waals surface area contributed by atoms with E-state index >= 15 is 26.3 Å². The van der Waals surface area contributed by atoms with Crippen LogP contribution in [0.4, 0.5) is 26.3 Å². The van der Waals surface area contributed by atoms with E-state index in [2.05, 4.69) is 181 Å². The zero-order valence-electron chi connectivity index (χ0n) is 56.1. The van der Waals surface area contributed by atoms with Gasteiger partial charge in [-0.3, -0.25) is 0 Å². The van der Waals surface area contributed by atoms with E-state index in [0.717, 1.165) is 50.1 Å². The second-order valence-corrected chi connectivity index (χ2v) is 31.2. The third kappa shape index (κ3) is 14.0. The Hall–Kier alpha value is -7.44. The molecule has 6 heteroatoms. The molecule has 0 saturated carbocycles. The first-order valence-corrected chi connectivity index (χ1v) is 31.4. The summed E-state index contributed by atoms with van der Waals surface area (Å²) in [6.45, 7) is 42.0. The van der Waals surface area contributed by atoms with Crippen LogP contribution in [-0.2, 0) is 44.8 Å². The van der Waals surface area contributed by atoms with Gasteiger partial charge in [0.15, 0.2) is 0 Å². The quantitative estimate of drug-likeness (QED) is 0.126. The number of alkyl halides is 6. The molecule has 0 fully saturated rings. The maximum Gasteiger partial charge on any atom is 0.417 e. The number of halogens is 6. The fourth-order valence-electron chi connectivity index (χ4n) is 12.1. The van der Waals surface area contributed by atoms with Crippen LogP contribution in [0.15, 0.2) is 176 Å². The van der Waals surface area contributed by atoms with E-state index in [0.29, 0.717) is 33.4 Å². The molecule has 464 valence electrons. The molecule has 0 aromatic heterocycles. The largest absolute Gasteiger partial charge is 0.417 e. The molecular weight excluding hydrogens is 1110 g/mol. The maximum atomic E-state index is 18.2. The van der Waals surface area contributed by atoms with Gasteiger partial charge in [-0.1, -0.05) is 302 Å². The maximum absolute atomic E-state index is 18.2. The van der Waals surface area contributed by atoms with E-state index in [1.807, 2.05) is 48.5 Å². The predicted octanol–water partition coefficient (Wildman–Crippen LogP) is 26.0. The van der Waals surface area contributed by atoms with E-state index < -0.39 is 56.6 Å². The summed E-state index contributed by atoms with van der Waals surface area (Å²) < 4.78 is 109. The van der Waals surface area contributed by atoms with Crippen molar-refractivity contribution in [3.8, 4) is 89.0 Å². The molecule has 0 bridgehead atoms. The van der Waals surface area contributed by atoms with E-state index in [4.69, 9.17) is 0 Å². The average molecular weight is 1200 g/mol. The van der Waals surface area contributed by atoms with Crippen molar-refractivity contribution in [1.29, 1.82) is 0 Å². The number of hydrogen-bond acceptors (Lipinski definition) is 0. The van der Waals surface area contributed by atoms with Crippen molar-refractivity contribution in [2.24, 2.45) is 0 Å². The van der Waals surface area contributed by atoms with Gasteiger partial charge >= 0.3 is 12.4 Å². The summed E-state index contributed by atoms with van der Waals surface area (Å²) in [5.41, 5.74) is 4.86. The second kappa shape index (κ2) is 23.4. The van der Waals surface area contributed by atoms with Gasteiger partial charge in [-0.25, -0.2) is 0 Å². The summed E-state index contributed by atoms with van der Waals surface area (Å²) in [6.07, 6.45) is -10.5. The molecule has 0 atom stereocenters. The molecule has 0 aliphatic heterocycles. The molecule has 0 N–H and O–H groups in total. The molecule has 0 amide bonds. The lowest BCUT2D eigenvalue weighted by molar-refractivity contribution is -0.139. The Kier molecular flexibility index (Phi) is 17.4. The summed E-state index contributed by atoms with van der Waals surface area (Å²) in [4.78, 5) is 0. The summed E-state index contributed by atoms with van der Waals surface area (Å²) >= 11 is 0. The van der Waals surface area contributed by atoms with Crippen LogP contribution in [0, 0.1) is 0 Å². The Morgan fingerprint density at radius 1 is 0.236 bits per heavy atom. The molecule has 9 rings (SSSR count). The molecule has 0 aliphatic carbocycles. The third-order valence-corrected chi connectivity index (χ3v) is 17.6. The molecule has 0 aliphatic rings. The van der Waals surface area contributed by atoms with Gasteiger partial charge < -0.3 is 0 Å². The molecule has 0 nitrogen and oxygen atoms in total. The molecule has 0 spiro atoms. The number of rotatable bonds is 9. The molecule has 0 radical (unpaired) electrons. The monoisotopic (exact) mass is 1200 g/mol. The van der Waals surface area contributed by atoms with Gasteiger partial charge in [-0.05, 0) is 156 Å². The van der Waals surface area contributed by atoms with Gasteiger partial charge in [0.25, 0.3) is 0 Å². The Labute approximate surface area is 527 Å². The fraction of sp³-hybridized carbons (Fsp3) is 0.349. The number of hydrogen-bond donors (Lipinski definition) is 0. The highest BCUT2D eigenvalue weighted by Crippen LogP contribution is 2.60. The fourth-order valence-corrected chi connectivity index (χ4v) is 12.1. The Morgan fingerprint density at radius 2 is 0.528 bits per heavy atom. The minimum Gasteiger partial charge on any atom is -0.166 e. The zero-order chi connectivity index (χ0) is 65.5. The molecule has 9 aromatic carbocycles. The van der Waals surface area contributed by atoms with Crippen molar-refractivity contribution < 1.29 is 26.3 Å². The van der Waals surface area contributed by atoms with E-state index in [1.54, 1.807) is 84.9 Å². The molecule has 9 aromatic rings. The second-order valence-electron chi connectivity index (χ2n) is 31.2. The average Bonchev–Trinajstić information content (AvgIpc) is 0.730. The van der Waals surface area contributed by atoms with Crippen molar-refractivity contribution in [2.45, 2.75) is 189 Å². The third-order valence-electron chi connectivity index (χ3n) is 17.6. The minimum absolute atomic E-state index is 0.00123. The van der Waals surface area contributed by atoms with Crippen LogP contribution in [0.1, 0.15) is 194 Å². The summed E-state index contributed by atoms with van der Waals surface area (Å²) in [5, 5.41) is 0. The Morgan fingerprint density at radius 3 is 0.888 bits per heavy atom. The summed E-state index contributed by atoms with van der Waals surface area (Å²) in [7, 11) is 0. The lowest BCUT2D eigenvalue weighted by Gasteiger charge is -2.32. The smallest absolute Gasteiger partial charge is 0.166 e. The highest BCUT2D eigenvalue weighted by molar-refractivity contribution is 6.07. The Balaban J connectivity index is 1.58. The number of benzene rings is 9. The van der Waals surface area contributed by atoms with Crippen LogP contribution in [0.25, 0.3) is 89.0 Å². The topological polar surface area (TPSA) is 0 Å². The normalized spacial score (nSPS) is 13.2. The first-order chi connectivity index (χ1) is 41.0. The molecule has 89 heavy (non-hydrogen) atoms. The van der Waals surface area contributed by atoms with E-state index in [-0.39, 0.29) is 49.8 Å². The highest BCUT2D eigenvalue weighted by Gasteiger charge is 2.48. The lowest BCUT2D eigenvalue weighted by Crippen LogP contribution is -2.19. The van der Waals surface area contributed by atoms with Gasteiger partial charge in [-0.15, -0.1) is 0 Å². The molecule has 0 heterocycles. The van der Waals surface area contributed by atoms with Crippen LogP contribution in [-0.4, -0.2) is 0 Å². The highest BCUT2D eigenvalue weighted by atomic mass is 19.4. The molecular formula is C83H90F6. The van der Waals surface area contributed by atoms with Crippen molar-refractivity contribution in [1.82, 2.24) is 0 Å². The van der Waals surface area contributed by atoms with Crippen molar-refractivity contribution in [3.63, 3.8) is 0 Å². The SMILES string of the molecule is CC(C)c1cc(-c2cccc(-c3c(-c4ccccc4-c4cc(C(C)(C)C)cc(C(C)(C)C)c4)c(C(F)(F)F)c(-c4cccc(-c5cc(C(C)(C)C)cc(C(C)(C)C)c5)c4)c(-c4ccccc4-c4cccc(C(C)(C)C)c4)c3C(F)(F)F)c2)cc(C(C)(C)C)c1. The van der Waals surface area contributed by atoms with E-state index in [9.17, 15) is 0 Å². The van der Waals surface area contributed by atoms with Gasteiger partial charge in [-0.2, -0.15) is 26.3 Å². The van der Waals surface area contributed by atoms with Crippen LogP contribution in [0.3, 0.4) is 0 Å². The lowest BCUT2D eigenvalue weighted by atomic mass is 9.73. The van der Waals surface area contributed by atoms with E-state index in [1.165, 1.54) is 0 Å². The van der Waals surface area contributed by atoms with Crippen molar-refractivity contribution >= 4 is 0 Å². The van der Waals surface area contributed by atoms with Gasteiger partial charge in [0.05, 0.1) is 11.1 Å². The first-order valence-electron chi connectivity index (χ1n) is 31.4. The molecule has 0 saturated heterocycles. The van der Waals surface area contributed by atoms with Crippen LogP contribution < -0.4 is 0 Å². The standard InChI is InChI=1S/C83H90F6/c1-50(2)56-40-57(43-61(42-56)77(6,7)8)51-28-25-31-54(38-51)71-73(69-37-24-22-35-67(69)59-46-64(80(15,16)17)49-65(47-59)81(18,19)20)75(83(87,88)89)70(55-32-26-29-52(39-55)58-44-62(78(9,10)11)48-63(45-58)79(12,13)14)72(74(71)82(84,85)86)68-36-23-21-34-66(68)53-30-27-33-60(41-53)76(3,4)5/h21-50H,1-20H3. The summed E-state index contributed by atoms with van der Waals surface area (Å²) in [5.74, 6) is 0.102. The van der Waals surface area contributed by atoms with Crippen LogP contribution in [0.5, 0.6) is 0 Å². The van der Waals surface area contributed by atoms with Gasteiger partial charge in [0.1, 0.15) is 0 Å². The Bertz CT molecular complexity index is 4050. The molecule has 0 unspecified atom stereocenters. The van der Waals surface area contributed by atoms with Gasteiger partial charge in [0.2, 0.25) is 0 Å². The summed E-state index contributed by atoms with van der Waals surface area (Å²) in [6, 6.07) is 53.4. The van der Waals surface area contributed by atoms with Crippen LogP contribution in [0.2, 0.25) is 0 Å². The van der Waals surface area contributed by atoms with Crippen molar-refractivity contribution in [2.75, 3.05) is 0 Å². The predicted molar refractivity (Wildman–Crippen MR) is 366 cm³/mol. The van der Waals surface area contributed by atoms with Gasteiger partial charge in [0, 0.05) is 22.3 Å². The zero-order valence-corrected chi connectivity index (χ0v) is 56.1. The first kappa shape index (κ1) is 66.0. The minimum atomic E-state index is -5.28. The van der Waals surface area contributed by atoms with Crippen molar-refractivity contribution in [3.05, 3.63) is 226 Å². The van der Waals surface area contributed by atoms with Crippen LogP contribution >= 0.6 is 0 Å².